The van der Waals surface area contributed by atoms with Gasteiger partial charge in [-0.15, -0.1) is 10.2 Å². The van der Waals surface area contributed by atoms with E-state index in [0.717, 1.165) is 29.1 Å². The van der Waals surface area contributed by atoms with Gasteiger partial charge >= 0.3 is 6.18 Å². The molecule has 4 rings (SSSR count). The minimum Gasteiger partial charge on any atom is -0.497 e. The van der Waals surface area contributed by atoms with Crippen LogP contribution in [0.2, 0.25) is 0 Å². The maximum Gasteiger partial charge on any atom is 0.418 e. The fraction of sp³-hybridized carbons (Fsp3) is 0.125. The molecule has 0 saturated heterocycles. The van der Waals surface area contributed by atoms with Crippen molar-refractivity contribution in [2.45, 2.75) is 11.3 Å². The summed E-state index contributed by atoms with van der Waals surface area (Å²) in [5.41, 5.74) is 0.313. The molecule has 1 heterocycles. The molecule has 0 atom stereocenters. The summed E-state index contributed by atoms with van der Waals surface area (Å²) in [4.78, 5) is 12.6. The predicted octanol–water partition coefficient (Wildman–Crippen LogP) is 6.46. The van der Waals surface area contributed by atoms with Crippen molar-refractivity contribution in [2.24, 2.45) is 0 Å². The largest absolute Gasteiger partial charge is 0.497 e. The Morgan fingerprint density at radius 2 is 1.77 bits per heavy atom. The Balaban J connectivity index is 1.59. The number of nitrogens with one attached hydrogen (secondary N) is 1. The Bertz CT molecular complexity index is 1330. The molecule has 1 N–H and O–H groups in total. The van der Waals surface area contributed by atoms with E-state index in [0.29, 0.717) is 16.7 Å². The van der Waals surface area contributed by atoms with Gasteiger partial charge in [0.2, 0.25) is 5.91 Å². The second-order valence-corrected chi connectivity index (χ2v) is 9.09. The van der Waals surface area contributed by atoms with Crippen LogP contribution in [0.3, 0.4) is 0 Å². The molecule has 11 heteroatoms. The van der Waals surface area contributed by atoms with Gasteiger partial charge in [0, 0.05) is 15.7 Å². The molecule has 0 fully saturated rings. The Labute approximate surface area is 211 Å². The number of nitrogens with zero attached hydrogens (tertiary/aromatic N) is 3. The fourth-order valence-corrected chi connectivity index (χ4v) is 4.39. The summed E-state index contributed by atoms with van der Waals surface area (Å²) in [5.74, 6) is 0.460. The van der Waals surface area contributed by atoms with Crippen LogP contribution in [0, 0.1) is 0 Å². The number of alkyl halides is 3. The smallest absolute Gasteiger partial charge is 0.418 e. The van der Waals surface area contributed by atoms with E-state index in [2.05, 4.69) is 31.4 Å². The first kappa shape index (κ1) is 24.8. The van der Waals surface area contributed by atoms with Crippen molar-refractivity contribution in [1.29, 1.82) is 0 Å². The highest BCUT2D eigenvalue weighted by molar-refractivity contribution is 9.10. The molecule has 3 aromatic carbocycles. The molecule has 0 aliphatic rings. The predicted molar refractivity (Wildman–Crippen MR) is 132 cm³/mol. The zero-order valence-corrected chi connectivity index (χ0v) is 20.6. The third-order valence-electron chi connectivity index (χ3n) is 4.89. The Kier molecular flexibility index (Phi) is 7.46. The highest BCUT2D eigenvalue weighted by atomic mass is 79.9. The number of amides is 1. The third-order valence-corrected chi connectivity index (χ3v) is 6.31. The number of rotatable bonds is 7. The molecule has 0 unspecified atom stereocenters. The lowest BCUT2D eigenvalue weighted by Gasteiger charge is -2.14. The van der Waals surface area contributed by atoms with Crippen molar-refractivity contribution in [2.75, 3.05) is 18.2 Å². The summed E-state index contributed by atoms with van der Waals surface area (Å²) in [7, 11) is 1.57. The van der Waals surface area contributed by atoms with Gasteiger partial charge in [0.25, 0.3) is 0 Å². The number of carbonyl (C=O) groups is 1. The molecule has 0 aliphatic heterocycles. The van der Waals surface area contributed by atoms with Crippen molar-refractivity contribution in [3.63, 3.8) is 0 Å². The van der Waals surface area contributed by atoms with E-state index in [1.165, 1.54) is 12.1 Å². The maximum absolute atomic E-state index is 13.4. The SMILES string of the molecule is COc1ccc(-n2c(SCC(=O)Nc3ccc(Br)cc3C(F)(F)F)nnc2-c2ccccc2)cc1. The average molecular weight is 563 g/mol. The van der Waals surface area contributed by atoms with Gasteiger partial charge in [0.05, 0.1) is 24.1 Å². The molecule has 0 aliphatic carbocycles. The Morgan fingerprint density at radius 1 is 1.06 bits per heavy atom. The van der Waals surface area contributed by atoms with Crippen LogP contribution in [0.15, 0.2) is 82.4 Å². The number of halogens is 4. The quantitative estimate of drug-likeness (QED) is 0.262. The van der Waals surface area contributed by atoms with Gasteiger partial charge in [-0.25, -0.2) is 0 Å². The van der Waals surface area contributed by atoms with Crippen molar-refractivity contribution < 1.29 is 22.7 Å². The molecule has 180 valence electrons. The topological polar surface area (TPSA) is 69.0 Å². The molecule has 0 spiro atoms. The minimum absolute atomic E-state index is 0.170. The highest BCUT2D eigenvalue weighted by Crippen LogP contribution is 2.37. The van der Waals surface area contributed by atoms with E-state index in [1.54, 1.807) is 23.8 Å². The van der Waals surface area contributed by atoms with E-state index >= 15 is 0 Å². The van der Waals surface area contributed by atoms with Crippen molar-refractivity contribution in [3.8, 4) is 22.8 Å². The van der Waals surface area contributed by atoms with Gasteiger partial charge in [0.1, 0.15) is 5.75 Å². The minimum atomic E-state index is -4.61. The zero-order valence-electron chi connectivity index (χ0n) is 18.2. The molecule has 0 bridgehead atoms. The van der Waals surface area contributed by atoms with E-state index in [1.807, 2.05) is 42.5 Å². The van der Waals surface area contributed by atoms with Crippen LogP contribution < -0.4 is 10.1 Å². The van der Waals surface area contributed by atoms with E-state index in [9.17, 15) is 18.0 Å². The molecular weight excluding hydrogens is 545 g/mol. The molecular formula is C24H18BrF3N4O2S. The summed E-state index contributed by atoms with van der Waals surface area (Å²) in [6.45, 7) is 0. The summed E-state index contributed by atoms with van der Waals surface area (Å²) in [6.07, 6.45) is -4.61. The number of hydrogen-bond acceptors (Lipinski definition) is 5. The van der Waals surface area contributed by atoms with Crippen LogP contribution in [0.1, 0.15) is 5.56 Å². The number of ether oxygens (including phenoxy) is 1. The van der Waals surface area contributed by atoms with Gasteiger partial charge in [-0.3, -0.25) is 9.36 Å². The number of thioether (sulfide) groups is 1. The molecule has 0 saturated carbocycles. The van der Waals surface area contributed by atoms with Crippen molar-refractivity contribution in [1.82, 2.24) is 14.8 Å². The van der Waals surface area contributed by atoms with Gasteiger partial charge in [-0.05, 0) is 42.5 Å². The summed E-state index contributed by atoms with van der Waals surface area (Å²) in [5, 5.41) is 11.3. The number of hydrogen-bond donors (Lipinski definition) is 1. The maximum atomic E-state index is 13.4. The molecule has 1 aromatic heterocycles. The molecule has 4 aromatic rings. The average Bonchev–Trinajstić information content (AvgIpc) is 3.28. The number of benzene rings is 3. The highest BCUT2D eigenvalue weighted by Gasteiger charge is 2.34. The standard InChI is InChI=1S/C24H18BrF3N4O2S/c1-34-18-10-8-17(9-11-18)32-22(15-5-3-2-4-6-15)30-31-23(32)35-14-21(33)29-20-12-7-16(25)13-19(20)24(26,27)28/h2-13H,14H2,1H3,(H,29,33). The van der Waals surface area contributed by atoms with Crippen LogP contribution in [-0.2, 0) is 11.0 Å². The first-order valence-corrected chi connectivity index (χ1v) is 12.0. The first-order valence-electron chi connectivity index (χ1n) is 10.2. The van der Waals surface area contributed by atoms with Crippen LogP contribution in [-0.4, -0.2) is 33.5 Å². The normalized spacial score (nSPS) is 11.3. The zero-order chi connectivity index (χ0) is 25.0. The second-order valence-electron chi connectivity index (χ2n) is 7.23. The number of anilines is 1. The third kappa shape index (κ3) is 5.85. The van der Waals surface area contributed by atoms with Crippen LogP contribution in [0.4, 0.5) is 18.9 Å². The van der Waals surface area contributed by atoms with Gasteiger partial charge < -0.3 is 10.1 Å². The van der Waals surface area contributed by atoms with E-state index in [-0.39, 0.29) is 15.9 Å². The molecule has 1 amide bonds. The number of methoxy groups -OCH3 is 1. The van der Waals surface area contributed by atoms with Gasteiger partial charge in [-0.1, -0.05) is 58.0 Å². The lowest BCUT2D eigenvalue weighted by molar-refractivity contribution is -0.137. The molecule has 0 radical (unpaired) electrons. The molecule has 6 nitrogen and oxygen atoms in total. The fourth-order valence-electron chi connectivity index (χ4n) is 3.28. The van der Waals surface area contributed by atoms with Crippen LogP contribution >= 0.6 is 27.7 Å². The number of aromatic nitrogens is 3. The Hall–Kier alpha value is -3.31. The van der Waals surface area contributed by atoms with Gasteiger partial charge in [-0.2, -0.15) is 13.2 Å². The lowest BCUT2D eigenvalue weighted by atomic mass is 10.1. The van der Waals surface area contributed by atoms with E-state index < -0.39 is 17.6 Å². The monoisotopic (exact) mass is 562 g/mol. The summed E-state index contributed by atoms with van der Waals surface area (Å²) in [6, 6.07) is 20.2. The lowest BCUT2D eigenvalue weighted by Crippen LogP contribution is -2.18. The summed E-state index contributed by atoms with van der Waals surface area (Å²) < 4.78 is 47.4. The molecule has 35 heavy (non-hydrogen) atoms. The first-order chi connectivity index (χ1) is 16.8. The second kappa shape index (κ2) is 10.5. The van der Waals surface area contributed by atoms with Gasteiger partial charge in [0.15, 0.2) is 11.0 Å². The Morgan fingerprint density at radius 3 is 2.43 bits per heavy atom. The van der Waals surface area contributed by atoms with Crippen molar-refractivity contribution in [3.05, 3.63) is 82.8 Å². The number of carbonyl (C=O) groups excluding carboxylic acids is 1. The van der Waals surface area contributed by atoms with Crippen LogP contribution in [0.5, 0.6) is 5.75 Å². The van der Waals surface area contributed by atoms with E-state index in [4.69, 9.17) is 4.74 Å². The summed E-state index contributed by atoms with van der Waals surface area (Å²) >= 11 is 4.10. The van der Waals surface area contributed by atoms with Crippen LogP contribution in [0.25, 0.3) is 17.1 Å². The van der Waals surface area contributed by atoms with Crippen molar-refractivity contribution >= 4 is 39.3 Å².